The Morgan fingerprint density at radius 1 is 0.745 bits per heavy atom. The first-order chi connectivity index (χ1) is 27.0. The van der Waals surface area contributed by atoms with Gasteiger partial charge < -0.3 is 19.9 Å². The topological polar surface area (TPSA) is 100 Å². The van der Waals surface area contributed by atoms with Gasteiger partial charge in [0.05, 0.1) is 36.0 Å². The fraction of sp³-hybridized carbons (Fsp3) is 0.283. The van der Waals surface area contributed by atoms with Gasteiger partial charge in [-0.25, -0.2) is 4.98 Å². The SMILES string of the molecule is C[C@@H]1[C@H](CN2CCN(Cc3ccccc3)CC2)O[C@H](c2ccc(-c3ccccc3CNC(=O)c3cnc4ccccc4n3)cc2)O[C@@H]1c1ccc(CO)cc1. The average Bonchev–Trinajstić information content (AvgIpc) is 3.24. The molecule has 9 nitrogen and oxygen atoms in total. The lowest BCUT2D eigenvalue weighted by Crippen LogP contribution is -2.51. The molecule has 2 saturated heterocycles. The zero-order valence-electron chi connectivity index (χ0n) is 31.1. The molecule has 0 radical (unpaired) electrons. The van der Waals surface area contributed by atoms with Crippen molar-refractivity contribution >= 4 is 16.9 Å². The highest BCUT2D eigenvalue weighted by Crippen LogP contribution is 2.42. The summed E-state index contributed by atoms with van der Waals surface area (Å²) in [5, 5.41) is 12.7. The molecular formula is C46H47N5O4. The summed E-state index contributed by atoms with van der Waals surface area (Å²) < 4.78 is 13.6. The van der Waals surface area contributed by atoms with Crippen molar-refractivity contribution in [1.29, 1.82) is 0 Å². The highest BCUT2D eigenvalue weighted by Gasteiger charge is 2.39. The molecule has 1 amide bonds. The molecule has 0 bridgehead atoms. The number of piperazine rings is 1. The van der Waals surface area contributed by atoms with Crippen molar-refractivity contribution in [2.45, 2.75) is 45.1 Å². The number of rotatable bonds is 11. The second-order valence-electron chi connectivity index (χ2n) is 14.6. The molecule has 280 valence electrons. The van der Waals surface area contributed by atoms with Crippen LogP contribution in [-0.4, -0.2) is 69.6 Å². The first kappa shape index (κ1) is 36.7. The zero-order chi connectivity index (χ0) is 37.6. The van der Waals surface area contributed by atoms with Crippen LogP contribution in [0.5, 0.6) is 0 Å². The summed E-state index contributed by atoms with van der Waals surface area (Å²) >= 11 is 0. The van der Waals surface area contributed by atoms with Gasteiger partial charge >= 0.3 is 0 Å². The highest BCUT2D eigenvalue weighted by atomic mass is 16.7. The standard InChI is InChI=1S/C46H47N5O4/c1-32-43(30-51-25-23-50(24-26-51)29-33-9-3-2-4-10-33)54-46(55-44(32)36-17-15-34(31-52)16-18-36)37-21-19-35(20-22-37)39-12-6-5-11-38(39)27-48-45(53)42-28-47-40-13-7-8-14-41(40)49-42/h2-22,28,32,43-44,46,52H,23-27,29-31H2,1H3,(H,48,53)/t32-,43+,44+,46+/m1/s1. The molecule has 9 heteroatoms. The van der Waals surface area contributed by atoms with Gasteiger partial charge in [0.2, 0.25) is 0 Å². The molecule has 0 unspecified atom stereocenters. The Hall–Kier alpha value is -5.29. The van der Waals surface area contributed by atoms with Crippen LogP contribution in [0.4, 0.5) is 0 Å². The molecule has 0 saturated carbocycles. The number of aliphatic hydroxyl groups is 1. The minimum absolute atomic E-state index is 0.00690. The number of ether oxygens (including phenoxy) is 2. The van der Waals surface area contributed by atoms with E-state index in [0.29, 0.717) is 12.1 Å². The largest absolute Gasteiger partial charge is 0.392 e. The van der Waals surface area contributed by atoms with Gasteiger partial charge in [-0.05, 0) is 45.5 Å². The fourth-order valence-corrected chi connectivity index (χ4v) is 7.66. The molecular weight excluding hydrogens is 687 g/mol. The lowest BCUT2D eigenvalue weighted by Gasteiger charge is -2.44. The molecule has 2 aliphatic heterocycles. The average molecular weight is 734 g/mol. The van der Waals surface area contributed by atoms with E-state index in [1.54, 1.807) is 0 Å². The maximum atomic E-state index is 13.1. The van der Waals surface area contributed by atoms with E-state index in [4.69, 9.17) is 9.47 Å². The van der Waals surface area contributed by atoms with Gasteiger partial charge in [0.1, 0.15) is 5.69 Å². The Morgan fingerprint density at radius 3 is 2.18 bits per heavy atom. The van der Waals surface area contributed by atoms with Gasteiger partial charge in [-0.15, -0.1) is 0 Å². The van der Waals surface area contributed by atoms with Crippen molar-refractivity contribution in [1.82, 2.24) is 25.1 Å². The van der Waals surface area contributed by atoms with Crippen LogP contribution in [0.1, 0.15) is 57.6 Å². The second-order valence-corrected chi connectivity index (χ2v) is 14.6. The Morgan fingerprint density at radius 2 is 1.42 bits per heavy atom. The van der Waals surface area contributed by atoms with Crippen LogP contribution >= 0.6 is 0 Å². The van der Waals surface area contributed by atoms with E-state index < -0.39 is 6.29 Å². The fourth-order valence-electron chi connectivity index (χ4n) is 7.66. The van der Waals surface area contributed by atoms with Crippen LogP contribution in [0.25, 0.3) is 22.2 Å². The smallest absolute Gasteiger partial charge is 0.271 e. The number of carbonyl (C=O) groups is 1. The number of fused-ring (bicyclic) bond motifs is 1. The number of para-hydroxylation sites is 2. The number of nitrogens with one attached hydrogen (secondary N) is 1. The number of hydrogen-bond donors (Lipinski definition) is 2. The highest BCUT2D eigenvalue weighted by molar-refractivity contribution is 5.93. The lowest BCUT2D eigenvalue weighted by atomic mass is 9.89. The molecule has 55 heavy (non-hydrogen) atoms. The maximum absolute atomic E-state index is 13.1. The number of aliphatic hydroxyl groups excluding tert-OH is 1. The molecule has 2 fully saturated rings. The molecule has 1 aromatic heterocycles. The Balaban J connectivity index is 0.964. The normalized spacial score (nSPS) is 20.7. The second kappa shape index (κ2) is 17.0. The quantitative estimate of drug-likeness (QED) is 0.143. The van der Waals surface area contributed by atoms with Crippen LogP contribution in [0.3, 0.4) is 0 Å². The van der Waals surface area contributed by atoms with Gasteiger partial charge in [-0.1, -0.05) is 122 Å². The summed E-state index contributed by atoms with van der Waals surface area (Å²) in [5.74, 6) is -0.158. The van der Waals surface area contributed by atoms with Crippen LogP contribution in [0.15, 0.2) is 134 Å². The number of benzene rings is 5. The summed E-state index contributed by atoms with van der Waals surface area (Å²) in [6.45, 7) is 8.40. The molecule has 2 aliphatic rings. The van der Waals surface area contributed by atoms with Crippen LogP contribution in [0.2, 0.25) is 0 Å². The van der Waals surface area contributed by atoms with E-state index in [1.165, 1.54) is 11.8 Å². The van der Waals surface area contributed by atoms with Crippen LogP contribution in [0, 0.1) is 5.92 Å². The Kier molecular flexibility index (Phi) is 11.3. The third kappa shape index (κ3) is 8.67. The third-order valence-electron chi connectivity index (χ3n) is 10.9. The number of hydrogen-bond acceptors (Lipinski definition) is 8. The summed E-state index contributed by atoms with van der Waals surface area (Å²) in [5.41, 5.74) is 9.04. The zero-order valence-corrected chi connectivity index (χ0v) is 31.1. The van der Waals surface area contributed by atoms with Crippen molar-refractivity contribution in [2.24, 2.45) is 5.92 Å². The molecule has 5 aromatic carbocycles. The Bertz CT molecular complexity index is 2190. The van der Waals surface area contributed by atoms with Gasteiger partial charge in [0.25, 0.3) is 5.91 Å². The Labute approximate surface area is 322 Å². The van der Waals surface area contributed by atoms with E-state index >= 15 is 0 Å². The number of aromatic nitrogens is 2. The molecule has 3 heterocycles. The van der Waals surface area contributed by atoms with E-state index in [0.717, 1.165) is 78.2 Å². The van der Waals surface area contributed by atoms with Gasteiger partial charge in [-0.2, -0.15) is 0 Å². The van der Waals surface area contributed by atoms with Gasteiger partial charge in [-0.3, -0.25) is 19.6 Å². The summed E-state index contributed by atoms with van der Waals surface area (Å²) in [6.07, 6.45) is 0.755. The summed E-state index contributed by atoms with van der Waals surface area (Å²) in [7, 11) is 0. The number of carbonyl (C=O) groups excluding carboxylic acids is 1. The van der Waals surface area contributed by atoms with Crippen molar-refractivity contribution in [3.8, 4) is 11.1 Å². The molecule has 0 aliphatic carbocycles. The van der Waals surface area contributed by atoms with E-state index in [1.807, 2.05) is 54.6 Å². The van der Waals surface area contributed by atoms with Crippen LogP contribution in [-0.2, 0) is 29.2 Å². The first-order valence-electron chi connectivity index (χ1n) is 19.2. The lowest BCUT2D eigenvalue weighted by molar-refractivity contribution is -0.276. The van der Waals surface area contributed by atoms with Gasteiger partial charge in [0.15, 0.2) is 6.29 Å². The minimum Gasteiger partial charge on any atom is -0.392 e. The van der Waals surface area contributed by atoms with Crippen molar-refractivity contribution in [2.75, 3.05) is 32.7 Å². The maximum Gasteiger partial charge on any atom is 0.271 e. The molecule has 6 aromatic rings. The van der Waals surface area contributed by atoms with Crippen molar-refractivity contribution in [3.05, 3.63) is 167 Å². The predicted molar refractivity (Wildman–Crippen MR) is 214 cm³/mol. The number of nitrogens with zero attached hydrogens (tertiary/aromatic N) is 4. The van der Waals surface area contributed by atoms with E-state index in [9.17, 15) is 9.90 Å². The van der Waals surface area contributed by atoms with Gasteiger partial charge in [0, 0.05) is 57.3 Å². The minimum atomic E-state index is -0.547. The van der Waals surface area contributed by atoms with Crippen LogP contribution < -0.4 is 5.32 Å². The summed E-state index contributed by atoms with van der Waals surface area (Å²) in [6, 6.07) is 42.8. The molecule has 2 N–H and O–H groups in total. The molecule has 8 rings (SSSR count). The van der Waals surface area contributed by atoms with E-state index in [-0.39, 0.29) is 36.3 Å². The van der Waals surface area contributed by atoms with Crippen molar-refractivity contribution < 1.29 is 19.4 Å². The predicted octanol–water partition coefficient (Wildman–Crippen LogP) is 7.33. The molecule has 4 atom stereocenters. The number of amides is 1. The summed E-state index contributed by atoms with van der Waals surface area (Å²) in [4.78, 5) is 27.0. The first-order valence-corrected chi connectivity index (χ1v) is 19.2. The van der Waals surface area contributed by atoms with Crippen molar-refractivity contribution in [3.63, 3.8) is 0 Å². The van der Waals surface area contributed by atoms with E-state index in [2.05, 4.69) is 105 Å². The molecule has 0 spiro atoms. The monoisotopic (exact) mass is 733 g/mol. The third-order valence-corrected chi connectivity index (χ3v) is 10.9.